The minimum atomic E-state index is -0.00841. The first kappa shape index (κ1) is 19.0. The molecular formula is C23H20N4OS2. The highest BCUT2D eigenvalue weighted by atomic mass is 32.1. The second-order valence-electron chi connectivity index (χ2n) is 7.16. The van der Waals surface area contributed by atoms with E-state index in [1.807, 2.05) is 35.4 Å². The van der Waals surface area contributed by atoms with Crippen molar-refractivity contribution in [1.82, 2.24) is 19.9 Å². The van der Waals surface area contributed by atoms with Gasteiger partial charge in [0.25, 0.3) is 0 Å². The van der Waals surface area contributed by atoms with Crippen molar-refractivity contribution in [2.75, 3.05) is 6.54 Å². The van der Waals surface area contributed by atoms with Crippen LogP contribution in [0.4, 0.5) is 0 Å². The topological polar surface area (TPSA) is 51.0 Å². The molecule has 0 N–H and O–H groups in total. The fourth-order valence-corrected chi connectivity index (χ4v) is 5.56. The fraction of sp³-hybridized carbons (Fsp3) is 0.174. The molecule has 150 valence electrons. The molecule has 4 aromatic rings. The molecule has 1 amide bonds. The molecule has 1 aromatic carbocycles. The van der Waals surface area contributed by atoms with E-state index in [1.54, 1.807) is 39.5 Å². The third-order valence-corrected chi connectivity index (χ3v) is 7.12. The maximum atomic E-state index is 13.1. The number of hydrogen-bond donors (Lipinski definition) is 0. The molecule has 1 atom stereocenters. The molecule has 0 spiro atoms. The number of nitrogens with zero attached hydrogens (tertiary/aromatic N) is 4. The van der Waals surface area contributed by atoms with Gasteiger partial charge in [-0.3, -0.25) is 4.79 Å². The molecule has 1 unspecified atom stereocenters. The van der Waals surface area contributed by atoms with Crippen LogP contribution in [0.1, 0.15) is 32.6 Å². The van der Waals surface area contributed by atoms with E-state index in [1.165, 1.54) is 15.3 Å². The lowest BCUT2D eigenvalue weighted by atomic mass is 9.98. The van der Waals surface area contributed by atoms with Gasteiger partial charge < -0.3 is 4.90 Å². The molecule has 4 heterocycles. The van der Waals surface area contributed by atoms with Crippen LogP contribution in [0, 0.1) is 0 Å². The number of hydrogen-bond acceptors (Lipinski definition) is 5. The Bertz CT molecular complexity index is 1160. The van der Waals surface area contributed by atoms with Gasteiger partial charge in [-0.25, -0.2) is 4.68 Å². The summed E-state index contributed by atoms with van der Waals surface area (Å²) in [4.78, 5) is 17.6. The molecule has 5 rings (SSSR count). The first-order chi connectivity index (χ1) is 14.8. The lowest BCUT2D eigenvalue weighted by Gasteiger charge is -2.34. The van der Waals surface area contributed by atoms with Gasteiger partial charge in [0.1, 0.15) is 5.69 Å². The summed E-state index contributed by atoms with van der Waals surface area (Å²) in [5.41, 5.74) is 3.09. The number of carbonyl (C=O) groups is 1. The number of aromatic nitrogens is 3. The SMILES string of the molecule is O=C(/C=C\c1cn(Cc2ccccc2)nn1)N1CCc2sccc2C1c1cccs1. The normalized spacial score (nSPS) is 16.1. The number of carbonyl (C=O) groups excluding carboxylic acids is 1. The third kappa shape index (κ3) is 3.86. The molecule has 3 aromatic heterocycles. The van der Waals surface area contributed by atoms with Gasteiger partial charge >= 0.3 is 0 Å². The van der Waals surface area contributed by atoms with Gasteiger partial charge in [-0.2, -0.15) is 0 Å². The van der Waals surface area contributed by atoms with Gasteiger partial charge in [-0.05, 0) is 46.5 Å². The largest absolute Gasteiger partial charge is 0.327 e. The van der Waals surface area contributed by atoms with Gasteiger partial charge in [0.2, 0.25) is 5.91 Å². The van der Waals surface area contributed by atoms with Crippen molar-refractivity contribution in [3.05, 3.63) is 98.1 Å². The fourth-order valence-electron chi connectivity index (χ4n) is 3.80. The molecule has 0 aliphatic carbocycles. The molecular weight excluding hydrogens is 412 g/mol. The molecule has 1 aliphatic heterocycles. The van der Waals surface area contributed by atoms with Crippen molar-refractivity contribution in [2.24, 2.45) is 0 Å². The third-order valence-electron chi connectivity index (χ3n) is 5.20. The lowest BCUT2D eigenvalue weighted by Crippen LogP contribution is -2.38. The number of rotatable bonds is 5. The summed E-state index contributed by atoms with van der Waals surface area (Å²) < 4.78 is 1.78. The summed E-state index contributed by atoms with van der Waals surface area (Å²) in [5, 5.41) is 12.6. The van der Waals surface area contributed by atoms with Crippen molar-refractivity contribution in [2.45, 2.75) is 19.0 Å². The number of fused-ring (bicyclic) bond motifs is 1. The molecule has 0 radical (unpaired) electrons. The zero-order valence-corrected chi connectivity index (χ0v) is 17.9. The van der Waals surface area contributed by atoms with Crippen molar-refractivity contribution >= 4 is 34.7 Å². The van der Waals surface area contributed by atoms with Crippen LogP contribution in [0.3, 0.4) is 0 Å². The quantitative estimate of drug-likeness (QED) is 0.432. The van der Waals surface area contributed by atoms with E-state index in [0.717, 1.165) is 18.5 Å². The van der Waals surface area contributed by atoms with Crippen LogP contribution < -0.4 is 0 Å². The van der Waals surface area contributed by atoms with Crippen LogP contribution >= 0.6 is 22.7 Å². The summed E-state index contributed by atoms with van der Waals surface area (Å²) in [6.07, 6.45) is 6.14. The van der Waals surface area contributed by atoms with Crippen LogP contribution in [-0.2, 0) is 17.8 Å². The lowest BCUT2D eigenvalue weighted by molar-refractivity contribution is -0.127. The molecule has 0 saturated heterocycles. The average Bonchev–Trinajstić information content (AvgIpc) is 3.53. The first-order valence-electron chi connectivity index (χ1n) is 9.80. The molecule has 5 nitrogen and oxygen atoms in total. The van der Waals surface area contributed by atoms with Crippen LogP contribution in [0.25, 0.3) is 6.08 Å². The Labute approximate surface area is 182 Å². The van der Waals surface area contributed by atoms with Crippen molar-refractivity contribution in [3.8, 4) is 0 Å². The molecule has 1 aliphatic rings. The highest BCUT2D eigenvalue weighted by Crippen LogP contribution is 2.39. The van der Waals surface area contributed by atoms with Crippen LogP contribution in [0.5, 0.6) is 0 Å². The Hall–Kier alpha value is -3.03. The van der Waals surface area contributed by atoms with E-state index in [2.05, 4.69) is 45.3 Å². The van der Waals surface area contributed by atoms with Crippen molar-refractivity contribution in [1.29, 1.82) is 0 Å². The highest BCUT2D eigenvalue weighted by molar-refractivity contribution is 7.10. The van der Waals surface area contributed by atoms with Crippen molar-refractivity contribution < 1.29 is 4.79 Å². The molecule has 0 saturated carbocycles. The highest BCUT2D eigenvalue weighted by Gasteiger charge is 2.32. The minimum absolute atomic E-state index is 0.00265. The Morgan fingerprint density at radius 2 is 2.00 bits per heavy atom. The summed E-state index contributed by atoms with van der Waals surface area (Å²) in [7, 11) is 0. The van der Waals surface area contributed by atoms with E-state index in [-0.39, 0.29) is 11.9 Å². The maximum Gasteiger partial charge on any atom is 0.247 e. The predicted molar refractivity (Wildman–Crippen MR) is 120 cm³/mol. The Kier molecular flexibility index (Phi) is 5.29. The summed E-state index contributed by atoms with van der Waals surface area (Å²) in [5.74, 6) is 0.00265. The van der Waals surface area contributed by atoms with Gasteiger partial charge in [0, 0.05) is 22.4 Å². The Morgan fingerprint density at radius 3 is 2.83 bits per heavy atom. The average molecular weight is 433 g/mol. The smallest absolute Gasteiger partial charge is 0.247 e. The molecule has 0 bridgehead atoms. The van der Waals surface area contributed by atoms with Gasteiger partial charge in [0.05, 0.1) is 18.8 Å². The molecule has 7 heteroatoms. The van der Waals surface area contributed by atoms with Gasteiger partial charge in [0.15, 0.2) is 0 Å². The molecule has 30 heavy (non-hydrogen) atoms. The summed E-state index contributed by atoms with van der Waals surface area (Å²) in [6, 6.07) is 16.4. The minimum Gasteiger partial charge on any atom is -0.327 e. The van der Waals surface area contributed by atoms with E-state index in [9.17, 15) is 4.79 Å². The van der Waals surface area contributed by atoms with E-state index < -0.39 is 0 Å². The monoisotopic (exact) mass is 432 g/mol. The second kappa shape index (κ2) is 8.38. The zero-order valence-electron chi connectivity index (χ0n) is 16.2. The van der Waals surface area contributed by atoms with Crippen molar-refractivity contribution in [3.63, 3.8) is 0 Å². The van der Waals surface area contributed by atoms with Crippen LogP contribution in [0.2, 0.25) is 0 Å². The predicted octanol–water partition coefficient (Wildman–Crippen LogP) is 4.64. The number of thiophene rings is 2. The summed E-state index contributed by atoms with van der Waals surface area (Å²) >= 11 is 3.48. The second-order valence-corrected chi connectivity index (χ2v) is 9.14. The van der Waals surface area contributed by atoms with Crippen LogP contribution in [0.15, 0.2) is 71.6 Å². The van der Waals surface area contributed by atoms with Gasteiger partial charge in [-0.1, -0.05) is 41.6 Å². The van der Waals surface area contributed by atoms with Crippen LogP contribution in [-0.4, -0.2) is 32.3 Å². The molecule has 0 fully saturated rings. The number of benzene rings is 1. The summed E-state index contributed by atoms with van der Waals surface area (Å²) in [6.45, 7) is 1.38. The van der Waals surface area contributed by atoms with E-state index in [0.29, 0.717) is 12.2 Å². The van der Waals surface area contributed by atoms with E-state index in [4.69, 9.17) is 0 Å². The zero-order chi connectivity index (χ0) is 20.3. The van der Waals surface area contributed by atoms with Gasteiger partial charge in [-0.15, -0.1) is 27.8 Å². The number of amides is 1. The first-order valence-corrected chi connectivity index (χ1v) is 11.6. The maximum absolute atomic E-state index is 13.1. The standard InChI is InChI=1S/C23H20N4OS2/c28-22(9-8-18-16-26(25-24-18)15-17-5-2-1-3-6-17)27-12-10-20-19(11-14-30-20)23(27)21-7-4-13-29-21/h1-9,11,13-14,16,23H,10,12,15H2/b9-8-. The Balaban J connectivity index is 1.33. The van der Waals surface area contributed by atoms with E-state index >= 15 is 0 Å². The Morgan fingerprint density at radius 1 is 1.10 bits per heavy atom.